The van der Waals surface area contributed by atoms with Crippen molar-refractivity contribution in [2.24, 2.45) is 0 Å². The highest BCUT2D eigenvalue weighted by atomic mass is 32.1. The van der Waals surface area contributed by atoms with Crippen LogP contribution >= 0.6 is 11.3 Å². The van der Waals surface area contributed by atoms with Gasteiger partial charge in [0, 0.05) is 24.0 Å². The van der Waals surface area contributed by atoms with Crippen molar-refractivity contribution in [3.63, 3.8) is 0 Å². The third-order valence-electron chi connectivity index (χ3n) is 4.60. The highest BCUT2D eigenvalue weighted by Crippen LogP contribution is 2.36. The predicted octanol–water partition coefficient (Wildman–Crippen LogP) is 4.13. The summed E-state index contributed by atoms with van der Waals surface area (Å²) in [5.41, 5.74) is 1.50. The van der Waals surface area contributed by atoms with Crippen LogP contribution in [0, 0.1) is 0 Å². The van der Waals surface area contributed by atoms with Crippen LogP contribution in [0.25, 0.3) is 0 Å². The molecule has 0 aliphatic carbocycles. The molecule has 2 heterocycles. The lowest BCUT2D eigenvalue weighted by atomic mass is 9.73. The van der Waals surface area contributed by atoms with Gasteiger partial charge >= 0.3 is 0 Å². The van der Waals surface area contributed by atoms with Crippen LogP contribution in [0.4, 0.5) is 5.13 Å². The fourth-order valence-electron chi connectivity index (χ4n) is 3.02. The fraction of sp³-hybridized carbons (Fsp3) is 0.474. The third-order valence-corrected chi connectivity index (χ3v) is 5.36. The molecule has 0 bridgehead atoms. The summed E-state index contributed by atoms with van der Waals surface area (Å²) < 4.78 is 5.50. The summed E-state index contributed by atoms with van der Waals surface area (Å²) in [5, 5.41) is 5.75. The molecule has 1 saturated heterocycles. The van der Waals surface area contributed by atoms with E-state index in [0.29, 0.717) is 31.2 Å². The van der Waals surface area contributed by atoms with Crippen molar-refractivity contribution < 1.29 is 9.53 Å². The summed E-state index contributed by atoms with van der Waals surface area (Å²) in [5.74, 6) is 0.0202. The molecule has 0 saturated carbocycles. The number of nitrogens with zero attached hydrogens (tertiary/aromatic N) is 1. The largest absolute Gasteiger partial charge is 0.381 e. The summed E-state index contributed by atoms with van der Waals surface area (Å²) in [6.45, 7) is 7.58. The second kappa shape index (κ2) is 6.65. The third kappa shape index (κ3) is 3.37. The smallest absolute Gasteiger partial charge is 0.236 e. The van der Waals surface area contributed by atoms with Gasteiger partial charge in [0.1, 0.15) is 0 Å². The van der Waals surface area contributed by atoms with E-state index >= 15 is 0 Å². The maximum absolute atomic E-state index is 13.1. The Hall–Kier alpha value is -1.72. The molecule has 3 rings (SSSR count). The average Bonchev–Trinajstić information content (AvgIpc) is 3.05. The lowest BCUT2D eigenvalue weighted by Gasteiger charge is -2.35. The summed E-state index contributed by atoms with van der Waals surface area (Å²) in [6, 6.07) is 10.0. The molecule has 0 spiro atoms. The first kappa shape index (κ1) is 17.1. The first-order valence-corrected chi connectivity index (χ1v) is 9.20. The van der Waals surface area contributed by atoms with Crippen molar-refractivity contribution in [1.82, 2.24) is 4.98 Å². The van der Waals surface area contributed by atoms with Gasteiger partial charge in [-0.2, -0.15) is 0 Å². The van der Waals surface area contributed by atoms with E-state index in [1.807, 2.05) is 35.7 Å². The molecular formula is C19H24N2O2S. The predicted molar refractivity (Wildman–Crippen MR) is 97.6 cm³/mol. The quantitative estimate of drug-likeness (QED) is 0.911. The van der Waals surface area contributed by atoms with Crippen LogP contribution in [-0.4, -0.2) is 24.1 Å². The van der Waals surface area contributed by atoms with Crippen LogP contribution < -0.4 is 5.32 Å². The van der Waals surface area contributed by atoms with Gasteiger partial charge in [-0.25, -0.2) is 4.98 Å². The molecule has 1 aliphatic heterocycles. The number of hydrogen-bond donors (Lipinski definition) is 1. The second-order valence-corrected chi connectivity index (χ2v) is 8.16. The van der Waals surface area contributed by atoms with Gasteiger partial charge in [-0.05, 0) is 18.4 Å². The normalized spacial score (nSPS) is 17.5. The number of thiazole rings is 1. The zero-order chi connectivity index (χ0) is 17.2. The van der Waals surface area contributed by atoms with Gasteiger partial charge in [0.25, 0.3) is 0 Å². The number of ether oxygens (including phenoxy) is 1. The van der Waals surface area contributed by atoms with Crippen molar-refractivity contribution in [3.8, 4) is 0 Å². The van der Waals surface area contributed by atoms with Gasteiger partial charge in [0.15, 0.2) is 5.13 Å². The van der Waals surface area contributed by atoms with Crippen molar-refractivity contribution in [2.75, 3.05) is 18.5 Å². The van der Waals surface area contributed by atoms with Crippen LogP contribution in [0.1, 0.15) is 44.9 Å². The number of amides is 1. The molecule has 128 valence electrons. The van der Waals surface area contributed by atoms with Gasteiger partial charge in [-0.3, -0.25) is 4.79 Å². The first-order chi connectivity index (χ1) is 11.4. The van der Waals surface area contributed by atoms with E-state index < -0.39 is 5.41 Å². The van der Waals surface area contributed by atoms with Gasteiger partial charge < -0.3 is 10.1 Å². The molecule has 0 radical (unpaired) electrons. The maximum Gasteiger partial charge on any atom is 0.236 e. The zero-order valence-corrected chi connectivity index (χ0v) is 15.3. The monoisotopic (exact) mass is 344 g/mol. The van der Waals surface area contributed by atoms with Crippen LogP contribution in [0.2, 0.25) is 0 Å². The van der Waals surface area contributed by atoms with E-state index in [2.05, 4.69) is 31.1 Å². The summed E-state index contributed by atoms with van der Waals surface area (Å²) >= 11 is 1.49. The Morgan fingerprint density at radius 1 is 1.21 bits per heavy atom. The van der Waals surface area contributed by atoms with Gasteiger partial charge in [0.05, 0.1) is 11.1 Å². The first-order valence-electron chi connectivity index (χ1n) is 8.32. The number of carbonyl (C=O) groups excluding carboxylic acids is 1. The van der Waals surface area contributed by atoms with E-state index in [-0.39, 0.29) is 11.3 Å². The second-order valence-electron chi connectivity index (χ2n) is 7.30. The Morgan fingerprint density at radius 2 is 1.88 bits per heavy atom. The van der Waals surface area contributed by atoms with Gasteiger partial charge in [0.2, 0.25) is 5.91 Å². The van der Waals surface area contributed by atoms with Gasteiger partial charge in [-0.1, -0.05) is 51.1 Å². The molecule has 1 fully saturated rings. The molecule has 1 N–H and O–H groups in total. The number of rotatable bonds is 3. The lowest BCUT2D eigenvalue weighted by molar-refractivity contribution is -0.125. The highest BCUT2D eigenvalue weighted by Gasteiger charge is 2.42. The number of aromatic nitrogens is 1. The summed E-state index contributed by atoms with van der Waals surface area (Å²) in [4.78, 5) is 17.7. The van der Waals surface area contributed by atoms with Crippen molar-refractivity contribution in [2.45, 2.75) is 44.4 Å². The average molecular weight is 344 g/mol. The Labute approximate surface area is 147 Å². The molecule has 4 nitrogen and oxygen atoms in total. The summed E-state index contributed by atoms with van der Waals surface area (Å²) in [6.07, 6.45) is 1.39. The zero-order valence-electron chi connectivity index (χ0n) is 14.5. The molecule has 1 amide bonds. The van der Waals surface area contributed by atoms with E-state index in [1.54, 1.807) is 0 Å². The number of carbonyl (C=O) groups is 1. The van der Waals surface area contributed by atoms with E-state index in [9.17, 15) is 4.79 Å². The molecule has 1 aromatic carbocycles. The standard InChI is InChI=1S/C19H24N2O2S/c1-18(2,3)15-13-24-17(20-15)21-16(22)19(9-11-23-12-10-19)14-7-5-4-6-8-14/h4-8,13H,9-12H2,1-3H3,(H,20,21,22). The summed E-state index contributed by atoms with van der Waals surface area (Å²) in [7, 11) is 0. The topological polar surface area (TPSA) is 51.2 Å². The van der Waals surface area contributed by atoms with Crippen LogP contribution in [-0.2, 0) is 20.4 Å². The maximum atomic E-state index is 13.1. The Kier molecular flexibility index (Phi) is 4.74. The number of benzene rings is 1. The fourth-order valence-corrected chi connectivity index (χ4v) is 3.95. The molecule has 2 aromatic rings. The van der Waals surface area contributed by atoms with Crippen LogP contribution in [0.15, 0.2) is 35.7 Å². The molecule has 0 unspecified atom stereocenters. The van der Waals surface area contributed by atoms with Crippen molar-refractivity contribution in [1.29, 1.82) is 0 Å². The molecule has 1 aliphatic rings. The van der Waals surface area contributed by atoms with Crippen LogP contribution in [0.5, 0.6) is 0 Å². The van der Waals surface area contributed by atoms with E-state index in [4.69, 9.17) is 4.74 Å². The van der Waals surface area contributed by atoms with Crippen molar-refractivity contribution >= 4 is 22.4 Å². The Morgan fingerprint density at radius 3 is 2.46 bits per heavy atom. The minimum Gasteiger partial charge on any atom is -0.381 e. The Balaban J connectivity index is 1.86. The lowest BCUT2D eigenvalue weighted by Crippen LogP contribution is -2.44. The SMILES string of the molecule is CC(C)(C)c1csc(NC(=O)C2(c3ccccc3)CCOCC2)n1. The van der Waals surface area contributed by atoms with E-state index in [1.165, 1.54) is 11.3 Å². The minimum atomic E-state index is -0.535. The highest BCUT2D eigenvalue weighted by molar-refractivity contribution is 7.14. The number of nitrogens with one attached hydrogen (secondary N) is 1. The van der Waals surface area contributed by atoms with Crippen molar-refractivity contribution in [3.05, 3.63) is 47.0 Å². The molecule has 0 atom stereocenters. The van der Waals surface area contributed by atoms with Crippen LogP contribution in [0.3, 0.4) is 0 Å². The number of anilines is 1. The molecule has 1 aromatic heterocycles. The molecular weight excluding hydrogens is 320 g/mol. The molecule has 5 heteroatoms. The van der Waals surface area contributed by atoms with Gasteiger partial charge in [-0.15, -0.1) is 11.3 Å². The number of hydrogen-bond acceptors (Lipinski definition) is 4. The van der Waals surface area contributed by atoms with E-state index in [0.717, 1.165) is 11.3 Å². The Bertz CT molecular complexity index is 698. The minimum absolute atomic E-state index is 0.0186. The molecule has 24 heavy (non-hydrogen) atoms.